The number of methoxy groups -OCH3 is 1. The van der Waals surface area contributed by atoms with Crippen molar-refractivity contribution in [2.24, 2.45) is 11.7 Å². The fourth-order valence-corrected chi connectivity index (χ4v) is 3.71. The van der Waals surface area contributed by atoms with E-state index in [1.807, 2.05) is 6.92 Å². The highest BCUT2D eigenvalue weighted by molar-refractivity contribution is 5.85. The van der Waals surface area contributed by atoms with Crippen LogP contribution in [0.4, 0.5) is 0 Å². The second-order valence-corrected chi connectivity index (χ2v) is 5.98. The van der Waals surface area contributed by atoms with Gasteiger partial charge in [-0.05, 0) is 44.7 Å². The first kappa shape index (κ1) is 14.8. The van der Waals surface area contributed by atoms with E-state index in [2.05, 4.69) is 10.2 Å². The zero-order valence-corrected chi connectivity index (χ0v) is 12.2. The third-order valence-electron chi connectivity index (χ3n) is 4.71. The van der Waals surface area contributed by atoms with Gasteiger partial charge in [-0.3, -0.25) is 9.69 Å². The molecule has 1 aliphatic carbocycles. The topological polar surface area (TPSA) is 67.6 Å². The van der Waals surface area contributed by atoms with Gasteiger partial charge in [-0.2, -0.15) is 0 Å². The van der Waals surface area contributed by atoms with Crippen molar-refractivity contribution in [1.82, 2.24) is 10.2 Å². The zero-order valence-electron chi connectivity index (χ0n) is 12.2. The van der Waals surface area contributed by atoms with Crippen molar-refractivity contribution < 1.29 is 9.53 Å². The molecule has 110 valence electrons. The molecule has 0 aromatic heterocycles. The van der Waals surface area contributed by atoms with Gasteiger partial charge in [0.25, 0.3) is 0 Å². The molecule has 1 amide bonds. The Balaban J connectivity index is 1.92. The number of carbonyl (C=O) groups excluding carboxylic acids is 1. The molecule has 1 saturated carbocycles. The van der Waals surface area contributed by atoms with Crippen LogP contribution in [0, 0.1) is 5.92 Å². The summed E-state index contributed by atoms with van der Waals surface area (Å²) in [4.78, 5) is 14.3. The number of likely N-dealkylation sites (N-methyl/N-ethyl adjacent to an activating group) is 1. The van der Waals surface area contributed by atoms with E-state index in [0.29, 0.717) is 12.0 Å². The largest absolute Gasteiger partial charge is 0.384 e. The number of nitrogens with one attached hydrogen (secondary N) is 1. The average Bonchev–Trinajstić information content (AvgIpc) is 2.97. The summed E-state index contributed by atoms with van der Waals surface area (Å²) in [5.41, 5.74) is 5.14. The van der Waals surface area contributed by atoms with Gasteiger partial charge in [0.15, 0.2) is 0 Å². The van der Waals surface area contributed by atoms with Crippen LogP contribution in [0.15, 0.2) is 0 Å². The summed E-state index contributed by atoms with van der Waals surface area (Å²) in [5.74, 6) is 0.456. The Hall–Kier alpha value is -0.650. The Kier molecular flexibility index (Phi) is 4.81. The van der Waals surface area contributed by atoms with Crippen molar-refractivity contribution in [3.8, 4) is 0 Å². The maximum atomic E-state index is 11.8. The number of hydrogen-bond acceptors (Lipinski definition) is 4. The summed E-state index contributed by atoms with van der Waals surface area (Å²) < 4.78 is 5.24. The lowest BCUT2D eigenvalue weighted by molar-refractivity contribution is -0.124. The number of likely N-dealkylation sites (tertiary alicyclic amines) is 1. The number of nitrogens with zero attached hydrogens (tertiary/aromatic N) is 1. The lowest BCUT2D eigenvalue weighted by atomic mass is 9.96. The third kappa shape index (κ3) is 3.09. The number of rotatable bonds is 6. The highest BCUT2D eigenvalue weighted by atomic mass is 16.5. The summed E-state index contributed by atoms with van der Waals surface area (Å²) in [5, 5.41) is 3.32. The van der Waals surface area contributed by atoms with E-state index in [0.717, 1.165) is 45.5 Å². The number of amides is 1. The van der Waals surface area contributed by atoms with Crippen LogP contribution in [0.1, 0.15) is 32.6 Å². The van der Waals surface area contributed by atoms with Crippen LogP contribution in [0.2, 0.25) is 0 Å². The van der Waals surface area contributed by atoms with Crippen molar-refractivity contribution in [3.63, 3.8) is 0 Å². The van der Waals surface area contributed by atoms with Gasteiger partial charge in [-0.15, -0.1) is 0 Å². The van der Waals surface area contributed by atoms with Gasteiger partial charge in [0.1, 0.15) is 0 Å². The van der Waals surface area contributed by atoms with E-state index in [1.54, 1.807) is 7.11 Å². The summed E-state index contributed by atoms with van der Waals surface area (Å²) in [6.45, 7) is 5.89. The Morgan fingerprint density at radius 2 is 2.32 bits per heavy atom. The Labute approximate surface area is 115 Å². The lowest BCUT2D eigenvalue weighted by Gasteiger charge is -2.29. The molecule has 1 saturated heterocycles. The highest BCUT2D eigenvalue weighted by Crippen LogP contribution is 2.35. The molecule has 0 bridgehead atoms. The molecule has 3 atom stereocenters. The molecule has 0 spiro atoms. The van der Waals surface area contributed by atoms with Gasteiger partial charge >= 0.3 is 0 Å². The molecule has 2 fully saturated rings. The molecule has 5 heteroatoms. The first-order valence-electron chi connectivity index (χ1n) is 7.39. The highest BCUT2D eigenvalue weighted by Gasteiger charge is 2.45. The molecule has 0 aromatic rings. The summed E-state index contributed by atoms with van der Waals surface area (Å²) >= 11 is 0. The van der Waals surface area contributed by atoms with Crippen molar-refractivity contribution in [2.45, 2.75) is 44.2 Å². The number of nitrogens with two attached hydrogens (primary N) is 1. The normalized spacial score (nSPS) is 35.9. The van der Waals surface area contributed by atoms with Gasteiger partial charge in [0.05, 0.1) is 12.1 Å². The number of primary amides is 1. The standard InChI is InChI=1S/C14H27N3O2/c1-3-16-14(13(15)18)6-4-12(8-14)17-7-5-11(9-17)10-19-2/h11-12,16H,3-10H2,1-2H3,(H2,15,18). The van der Waals surface area contributed by atoms with Crippen LogP contribution in [0.5, 0.6) is 0 Å². The molecule has 3 unspecified atom stereocenters. The minimum absolute atomic E-state index is 0.190. The number of hydrogen-bond donors (Lipinski definition) is 2. The lowest BCUT2D eigenvalue weighted by Crippen LogP contribution is -2.54. The van der Waals surface area contributed by atoms with Crippen LogP contribution in [-0.2, 0) is 9.53 Å². The van der Waals surface area contributed by atoms with Crippen molar-refractivity contribution >= 4 is 5.91 Å². The first-order chi connectivity index (χ1) is 9.11. The van der Waals surface area contributed by atoms with E-state index in [-0.39, 0.29) is 5.91 Å². The molecule has 5 nitrogen and oxygen atoms in total. The van der Waals surface area contributed by atoms with Gasteiger partial charge < -0.3 is 15.8 Å². The Morgan fingerprint density at radius 3 is 2.95 bits per heavy atom. The van der Waals surface area contributed by atoms with Gasteiger partial charge in [0.2, 0.25) is 5.91 Å². The van der Waals surface area contributed by atoms with E-state index in [4.69, 9.17) is 10.5 Å². The minimum atomic E-state index is -0.473. The molecule has 3 N–H and O–H groups in total. The summed E-state index contributed by atoms with van der Waals surface area (Å²) in [6, 6.07) is 0.494. The van der Waals surface area contributed by atoms with Crippen molar-refractivity contribution in [2.75, 3.05) is 33.4 Å². The molecule has 2 rings (SSSR count). The van der Waals surface area contributed by atoms with Crippen molar-refractivity contribution in [3.05, 3.63) is 0 Å². The van der Waals surface area contributed by atoms with Crippen molar-refractivity contribution in [1.29, 1.82) is 0 Å². The Bertz CT molecular complexity index is 324. The zero-order chi connectivity index (χ0) is 13.9. The SMILES string of the molecule is CCNC1(C(N)=O)CCC(N2CCC(COC)C2)C1. The second-order valence-electron chi connectivity index (χ2n) is 5.98. The quantitative estimate of drug-likeness (QED) is 0.730. The van der Waals surface area contributed by atoms with Gasteiger partial charge in [-0.25, -0.2) is 0 Å². The second kappa shape index (κ2) is 6.20. The molecule has 2 aliphatic rings. The third-order valence-corrected chi connectivity index (χ3v) is 4.71. The minimum Gasteiger partial charge on any atom is -0.384 e. The van der Waals surface area contributed by atoms with Crippen LogP contribution >= 0.6 is 0 Å². The maximum absolute atomic E-state index is 11.8. The van der Waals surface area contributed by atoms with E-state index in [1.165, 1.54) is 6.42 Å². The van der Waals surface area contributed by atoms with E-state index < -0.39 is 5.54 Å². The predicted molar refractivity (Wildman–Crippen MR) is 74.8 cm³/mol. The summed E-state index contributed by atoms with van der Waals surface area (Å²) in [6.07, 6.45) is 3.99. The van der Waals surface area contributed by atoms with Crippen LogP contribution in [-0.4, -0.2) is 55.7 Å². The van der Waals surface area contributed by atoms with Crippen LogP contribution < -0.4 is 11.1 Å². The molecule has 19 heavy (non-hydrogen) atoms. The van der Waals surface area contributed by atoms with E-state index in [9.17, 15) is 4.79 Å². The van der Waals surface area contributed by atoms with Crippen LogP contribution in [0.3, 0.4) is 0 Å². The predicted octanol–water partition coefficient (Wildman–Crippen LogP) is 0.341. The first-order valence-corrected chi connectivity index (χ1v) is 7.39. The average molecular weight is 269 g/mol. The smallest absolute Gasteiger partial charge is 0.237 e. The fourth-order valence-electron chi connectivity index (χ4n) is 3.71. The summed E-state index contributed by atoms with van der Waals surface area (Å²) in [7, 11) is 1.77. The monoisotopic (exact) mass is 269 g/mol. The number of carbonyl (C=O) groups is 1. The molecular formula is C14H27N3O2. The molecule has 0 radical (unpaired) electrons. The molecular weight excluding hydrogens is 242 g/mol. The number of ether oxygens (including phenoxy) is 1. The maximum Gasteiger partial charge on any atom is 0.237 e. The van der Waals surface area contributed by atoms with Gasteiger partial charge in [-0.1, -0.05) is 6.92 Å². The Morgan fingerprint density at radius 1 is 1.53 bits per heavy atom. The van der Waals surface area contributed by atoms with Gasteiger partial charge in [0, 0.05) is 19.7 Å². The molecule has 1 aliphatic heterocycles. The fraction of sp³-hybridized carbons (Fsp3) is 0.929. The molecule has 0 aromatic carbocycles. The van der Waals surface area contributed by atoms with Crippen LogP contribution in [0.25, 0.3) is 0 Å². The van der Waals surface area contributed by atoms with E-state index >= 15 is 0 Å². The molecule has 1 heterocycles.